The molecule has 2 atom stereocenters. The summed E-state index contributed by atoms with van der Waals surface area (Å²) in [6.07, 6.45) is 13.1. The van der Waals surface area contributed by atoms with Gasteiger partial charge in [-0.25, -0.2) is 0 Å². The number of rotatable bonds is 0. The van der Waals surface area contributed by atoms with Crippen LogP contribution in [0.15, 0.2) is 0 Å². The van der Waals surface area contributed by atoms with Crippen molar-refractivity contribution < 1.29 is 0 Å². The van der Waals surface area contributed by atoms with Crippen molar-refractivity contribution in [2.45, 2.75) is 76.3 Å². The van der Waals surface area contributed by atoms with Crippen molar-refractivity contribution in [3.63, 3.8) is 0 Å². The molecule has 2 fully saturated rings. The lowest BCUT2D eigenvalue weighted by atomic mass is 9.97. The SMILES string of the molecule is CC12CCCCCCCCCC1N2. The molecule has 0 aromatic carbocycles. The minimum Gasteiger partial charge on any atom is -0.305 e. The van der Waals surface area contributed by atoms with Gasteiger partial charge in [0, 0.05) is 11.6 Å². The van der Waals surface area contributed by atoms with Gasteiger partial charge in [-0.2, -0.15) is 0 Å². The average Bonchev–Trinajstić information content (AvgIpc) is 2.73. The molecule has 0 radical (unpaired) electrons. The average molecular weight is 181 g/mol. The van der Waals surface area contributed by atoms with E-state index >= 15 is 0 Å². The molecule has 0 bridgehead atoms. The van der Waals surface area contributed by atoms with Gasteiger partial charge in [0.25, 0.3) is 0 Å². The van der Waals surface area contributed by atoms with E-state index in [-0.39, 0.29) is 0 Å². The van der Waals surface area contributed by atoms with E-state index in [0.29, 0.717) is 5.54 Å². The van der Waals surface area contributed by atoms with E-state index in [9.17, 15) is 0 Å². The van der Waals surface area contributed by atoms with Crippen LogP contribution in [-0.4, -0.2) is 11.6 Å². The highest BCUT2D eigenvalue weighted by atomic mass is 15.2. The Morgan fingerprint density at radius 1 is 0.923 bits per heavy atom. The predicted molar refractivity (Wildman–Crippen MR) is 56.9 cm³/mol. The first-order valence-electron chi connectivity index (χ1n) is 6.09. The van der Waals surface area contributed by atoms with Gasteiger partial charge in [-0.05, 0) is 19.8 Å². The molecule has 1 N–H and O–H groups in total. The number of nitrogens with one attached hydrogen (secondary N) is 1. The summed E-state index contributed by atoms with van der Waals surface area (Å²) < 4.78 is 0. The Morgan fingerprint density at radius 3 is 2.31 bits per heavy atom. The highest BCUT2D eigenvalue weighted by molar-refractivity contribution is 5.10. The van der Waals surface area contributed by atoms with Crippen LogP contribution in [-0.2, 0) is 0 Å². The molecule has 2 rings (SSSR count). The molecule has 1 saturated carbocycles. The fourth-order valence-electron chi connectivity index (χ4n) is 2.72. The molecule has 1 heterocycles. The highest BCUT2D eigenvalue weighted by Crippen LogP contribution is 2.35. The van der Waals surface area contributed by atoms with Gasteiger partial charge in [-0.3, -0.25) is 0 Å². The molecule has 1 heteroatoms. The van der Waals surface area contributed by atoms with Crippen LogP contribution in [0.4, 0.5) is 0 Å². The molecule has 1 aliphatic carbocycles. The van der Waals surface area contributed by atoms with Crippen molar-refractivity contribution in [3.8, 4) is 0 Å². The second-order valence-electron chi connectivity index (χ2n) is 5.13. The second-order valence-corrected chi connectivity index (χ2v) is 5.13. The van der Waals surface area contributed by atoms with Gasteiger partial charge in [0.1, 0.15) is 0 Å². The maximum atomic E-state index is 3.66. The summed E-state index contributed by atoms with van der Waals surface area (Å²) in [6, 6.07) is 0.866. The van der Waals surface area contributed by atoms with E-state index in [2.05, 4.69) is 12.2 Å². The molecule has 2 unspecified atom stereocenters. The van der Waals surface area contributed by atoms with Gasteiger partial charge in [0.05, 0.1) is 0 Å². The maximum absolute atomic E-state index is 3.66. The van der Waals surface area contributed by atoms with Gasteiger partial charge in [-0.1, -0.05) is 44.9 Å². The van der Waals surface area contributed by atoms with Crippen LogP contribution >= 0.6 is 0 Å². The molecular formula is C12H23N. The molecule has 76 valence electrons. The Hall–Kier alpha value is -0.0400. The lowest BCUT2D eigenvalue weighted by molar-refractivity contribution is 0.531. The van der Waals surface area contributed by atoms with Gasteiger partial charge >= 0.3 is 0 Å². The molecule has 1 aliphatic heterocycles. The van der Waals surface area contributed by atoms with Crippen LogP contribution in [0.3, 0.4) is 0 Å². The maximum Gasteiger partial charge on any atom is 0.0310 e. The van der Waals surface area contributed by atoms with Crippen LogP contribution in [0, 0.1) is 0 Å². The molecule has 13 heavy (non-hydrogen) atoms. The van der Waals surface area contributed by atoms with Crippen LogP contribution in [0.1, 0.15) is 64.7 Å². The molecule has 0 aromatic heterocycles. The van der Waals surface area contributed by atoms with E-state index in [0.717, 1.165) is 6.04 Å². The van der Waals surface area contributed by atoms with Gasteiger partial charge in [-0.15, -0.1) is 0 Å². The zero-order chi connectivity index (χ0) is 9.15. The third-order valence-electron chi connectivity index (χ3n) is 3.88. The van der Waals surface area contributed by atoms with E-state index in [1.165, 1.54) is 57.8 Å². The van der Waals surface area contributed by atoms with Crippen molar-refractivity contribution in [2.75, 3.05) is 0 Å². The van der Waals surface area contributed by atoms with Crippen LogP contribution in [0.25, 0.3) is 0 Å². The molecule has 2 aliphatic rings. The highest BCUT2D eigenvalue weighted by Gasteiger charge is 2.47. The largest absolute Gasteiger partial charge is 0.305 e. The monoisotopic (exact) mass is 181 g/mol. The van der Waals surface area contributed by atoms with E-state index in [4.69, 9.17) is 0 Å². The van der Waals surface area contributed by atoms with E-state index < -0.39 is 0 Å². The predicted octanol–water partition coefficient (Wildman–Crippen LogP) is 3.24. The van der Waals surface area contributed by atoms with Crippen molar-refractivity contribution >= 4 is 0 Å². The summed E-state index contributed by atoms with van der Waals surface area (Å²) in [4.78, 5) is 0. The normalized spacial score (nSPS) is 41.8. The van der Waals surface area contributed by atoms with E-state index in [1.54, 1.807) is 0 Å². The smallest absolute Gasteiger partial charge is 0.0310 e. The summed E-state index contributed by atoms with van der Waals surface area (Å²) in [7, 11) is 0. The third kappa shape index (κ3) is 2.46. The van der Waals surface area contributed by atoms with Crippen molar-refractivity contribution in [1.82, 2.24) is 5.32 Å². The molecule has 1 saturated heterocycles. The van der Waals surface area contributed by atoms with Crippen molar-refractivity contribution in [2.24, 2.45) is 0 Å². The minimum absolute atomic E-state index is 0.546. The fraction of sp³-hybridized carbons (Fsp3) is 1.00. The fourth-order valence-corrected chi connectivity index (χ4v) is 2.72. The Labute approximate surface area is 82.3 Å². The Balaban J connectivity index is 1.79. The quantitative estimate of drug-likeness (QED) is 0.569. The molecule has 1 nitrogen and oxygen atoms in total. The topological polar surface area (TPSA) is 21.9 Å². The lowest BCUT2D eigenvalue weighted by Gasteiger charge is -2.07. The number of fused-ring (bicyclic) bond motifs is 1. The third-order valence-corrected chi connectivity index (χ3v) is 3.88. The van der Waals surface area contributed by atoms with Gasteiger partial charge < -0.3 is 5.32 Å². The van der Waals surface area contributed by atoms with Gasteiger partial charge in [0.2, 0.25) is 0 Å². The lowest BCUT2D eigenvalue weighted by Crippen LogP contribution is -2.11. The summed E-state index contributed by atoms with van der Waals surface area (Å²) in [5, 5.41) is 3.66. The summed E-state index contributed by atoms with van der Waals surface area (Å²) in [5.74, 6) is 0. The van der Waals surface area contributed by atoms with Crippen LogP contribution < -0.4 is 5.32 Å². The molecular weight excluding hydrogens is 158 g/mol. The van der Waals surface area contributed by atoms with Crippen molar-refractivity contribution in [1.29, 1.82) is 0 Å². The van der Waals surface area contributed by atoms with E-state index in [1.807, 2.05) is 0 Å². The van der Waals surface area contributed by atoms with Crippen LogP contribution in [0.5, 0.6) is 0 Å². The molecule has 0 aromatic rings. The van der Waals surface area contributed by atoms with Crippen molar-refractivity contribution in [3.05, 3.63) is 0 Å². The second kappa shape index (κ2) is 4.00. The molecule has 0 spiro atoms. The Morgan fingerprint density at radius 2 is 1.54 bits per heavy atom. The first-order valence-corrected chi connectivity index (χ1v) is 6.09. The summed E-state index contributed by atoms with van der Waals surface area (Å²) in [6.45, 7) is 2.41. The standard InChI is InChI=1S/C12H23N/c1-12-10-8-6-4-2-3-5-7-9-11(12)13-12/h11,13H,2-10H2,1H3. The van der Waals surface area contributed by atoms with Gasteiger partial charge in [0.15, 0.2) is 0 Å². The Bertz CT molecular complexity index is 167. The zero-order valence-electron chi connectivity index (χ0n) is 8.94. The first-order chi connectivity index (χ1) is 6.31. The zero-order valence-corrected chi connectivity index (χ0v) is 8.94. The van der Waals surface area contributed by atoms with Crippen LogP contribution in [0.2, 0.25) is 0 Å². The number of hydrogen-bond donors (Lipinski definition) is 1. The number of hydrogen-bond acceptors (Lipinski definition) is 1. The minimum atomic E-state index is 0.546. The summed E-state index contributed by atoms with van der Waals surface area (Å²) in [5.41, 5.74) is 0.546. The molecule has 0 amide bonds. The Kier molecular flexibility index (Phi) is 2.92. The summed E-state index contributed by atoms with van der Waals surface area (Å²) >= 11 is 0. The first kappa shape index (κ1) is 9.51.